The van der Waals surface area contributed by atoms with Gasteiger partial charge in [-0.25, -0.2) is 0 Å². The number of hydrogen-bond acceptors (Lipinski definition) is 7. The number of anilines is 1. The second-order valence-corrected chi connectivity index (χ2v) is 9.12. The van der Waals surface area contributed by atoms with Crippen LogP contribution in [0.2, 0.25) is 0 Å². The first-order chi connectivity index (χ1) is 14.4. The van der Waals surface area contributed by atoms with Crippen LogP contribution in [-0.4, -0.2) is 49.7 Å². The smallest absolute Gasteiger partial charge is 0.347 e. The summed E-state index contributed by atoms with van der Waals surface area (Å²) in [5.41, 5.74) is 3.81. The summed E-state index contributed by atoms with van der Waals surface area (Å²) in [6, 6.07) is 6.15. The lowest BCUT2D eigenvalue weighted by atomic mass is 10.1. The van der Waals surface area contributed by atoms with Gasteiger partial charge in [0.25, 0.3) is 0 Å². The van der Waals surface area contributed by atoms with Crippen LogP contribution in [0.15, 0.2) is 29.6 Å². The number of nitrogens with zero attached hydrogens (tertiary/aromatic N) is 4. The first kappa shape index (κ1) is 20.9. The zero-order valence-electron chi connectivity index (χ0n) is 17.7. The number of benzene rings is 1. The van der Waals surface area contributed by atoms with Crippen LogP contribution >= 0.6 is 0 Å². The number of aryl methyl sites for hydroxylation is 1. The van der Waals surface area contributed by atoms with Crippen LogP contribution in [0.5, 0.6) is 5.75 Å². The zero-order chi connectivity index (χ0) is 21.3. The van der Waals surface area contributed by atoms with Gasteiger partial charge in [-0.05, 0) is 24.5 Å². The molecule has 1 aliphatic heterocycles. The van der Waals surface area contributed by atoms with Crippen molar-refractivity contribution in [1.29, 1.82) is 0 Å². The van der Waals surface area contributed by atoms with E-state index in [1.165, 1.54) is 0 Å². The predicted molar refractivity (Wildman–Crippen MR) is 116 cm³/mol. The molecule has 1 N–H and O–H groups in total. The van der Waals surface area contributed by atoms with Gasteiger partial charge < -0.3 is 19.3 Å². The van der Waals surface area contributed by atoms with Crippen molar-refractivity contribution in [2.24, 2.45) is 0 Å². The molecule has 0 aliphatic carbocycles. The highest BCUT2D eigenvalue weighted by molar-refractivity contribution is 7.90. The van der Waals surface area contributed by atoms with Crippen molar-refractivity contribution in [2.75, 3.05) is 24.8 Å². The fourth-order valence-corrected chi connectivity index (χ4v) is 3.83. The Balaban J connectivity index is 1.63. The molecule has 1 saturated heterocycles. The molecular weight excluding hydrogens is 402 g/mol. The molecule has 9 heteroatoms. The molecule has 0 bridgehead atoms. The first-order valence-corrected chi connectivity index (χ1v) is 11.6. The summed E-state index contributed by atoms with van der Waals surface area (Å²) < 4.78 is 25.4. The minimum atomic E-state index is -1.30. The molecule has 3 heterocycles. The summed E-state index contributed by atoms with van der Waals surface area (Å²) in [6.45, 7) is 8.04. The summed E-state index contributed by atoms with van der Waals surface area (Å²) >= 11 is -1.30. The van der Waals surface area contributed by atoms with Crippen molar-refractivity contribution >= 4 is 22.8 Å². The topological polar surface area (TPSA) is 96.6 Å². The van der Waals surface area contributed by atoms with Crippen molar-refractivity contribution in [3.05, 3.63) is 41.1 Å². The van der Waals surface area contributed by atoms with E-state index in [0.717, 1.165) is 35.5 Å². The van der Waals surface area contributed by atoms with Crippen LogP contribution in [0, 0.1) is 6.92 Å². The molecular formula is C21H27N5O3S. The van der Waals surface area contributed by atoms with Crippen molar-refractivity contribution in [1.82, 2.24) is 19.6 Å². The van der Waals surface area contributed by atoms with Gasteiger partial charge in [-0.2, -0.15) is 14.6 Å². The van der Waals surface area contributed by atoms with Crippen LogP contribution < -0.4 is 10.1 Å². The van der Waals surface area contributed by atoms with E-state index in [1.807, 2.05) is 19.1 Å². The highest BCUT2D eigenvalue weighted by Gasteiger charge is 2.21. The van der Waals surface area contributed by atoms with Gasteiger partial charge in [0.05, 0.1) is 19.4 Å². The fourth-order valence-electron chi connectivity index (χ4n) is 3.40. The Morgan fingerprint density at radius 3 is 2.90 bits per heavy atom. The molecule has 0 saturated carbocycles. The van der Waals surface area contributed by atoms with E-state index in [4.69, 9.17) is 9.47 Å². The summed E-state index contributed by atoms with van der Waals surface area (Å²) in [7, 11) is 0. The lowest BCUT2D eigenvalue weighted by molar-refractivity contribution is 0.140. The minimum Gasteiger partial charge on any atom is -0.609 e. The summed E-state index contributed by atoms with van der Waals surface area (Å²) in [5, 5.41) is 8.08. The number of ether oxygens (including phenoxy) is 2. The van der Waals surface area contributed by atoms with Gasteiger partial charge in [0.2, 0.25) is 5.95 Å². The maximum Gasteiger partial charge on any atom is 0.347 e. The monoisotopic (exact) mass is 429 g/mol. The lowest BCUT2D eigenvalue weighted by Gasteiger charge is -2.17. The van der Waals surface area contributed by atoms with E-state index < -0.39 is 11.2 Å². The third-order valence-electron chi connectivity index (χ3n) is 5.10. The molecule has 2 unspecified atom stereocenters. The Morgan fingerprint density at radius 1 is 1.37 bits per heavy atom. The normalized spacial score (nSPS) is 17.6. The fraction of sp³-hybridized carbons (Fsp3) is 0.476. The molecule has 160 valence electrons. The Hall–Kier alpha value is -2.36. The molecule has 1 fully saturated rings. The molecule has 3 aromatic rings. The highest BCUT2D eigenvalue weighted by atomic mass is 32.2. The van der Waals surface area contributed by atoms with Crippen LogP contribution in [0.1, 0.15) is 42.9 Å². The van der Waals surface area contributed by atoms with Crippen molar-refractivity contribution in [2.45, 2.75) is 50.9 Å². The quantitative estimate of drug-likeness (QED) is 0.577. The number of hydrogen-bond donors (Lipinski definition) is 1. The third-order valence-corrected chi connectivity index (χ3v) is 5.79. The standard InChI is InChI=1S/C21H27N5O3S/c1-13(2)17-11-23-26-19(17)24-21(30(4)27)25-20(26)22-10-15-6-5-14(3)9-18(15)29-16-7-8-28-12-16/h5-6,9,11,13,16H,7-8,10,12H2,1-4H3,(H,22,24,25). The molecule has 4 rings (SSSR count). The molecule has 30 heavy (non-hydrogen) atoms. The van der Waals surface area contributed by atoms with Gasteiger partial charge in [0.1, 0.15) is 18.1 Å². The van der Waals surface area contributed by atoms with E-state index >= 15 is 0 Å². The van der Waals surface area contributed by atoms with Gasteiger partial charge >= 0.3 is 5.16 Å². The van der Waals surface area contributed by atoms with E-state index in [-0.39, 0.29) is 17.2 Å². The number of nitrogens with one attached hydrogen (secondary N) is 1. The van der Waals surface area contributed by atoms with Gasteiger partial charge in [-0.1, -0.05) is 26.0 Å². The first-order valence-electron chi connectivity index (χ1n) is 10.1. The van der Waals surface area contributed by atoms with Gasteiger partial charge in [0, 0.05) is 35.3 Å². The average Bonchev–Trinajstić information content (AvgIpc) is 3.36. The second-order valence-electron chi connectivity index (χ2n) is 7.84. The molecule has 1 aromatic carbocycles. The van der Waals surface area contributed by atoms with Crippen molar-refractivity contribution < 1.29 is 14.0 Å². The van der Waals surface area contributed by atoms with Gasteiger partial charge in [-0.15, -0.1) is 4.98 Å². The molecule has 1 aliphatic rings. The van der Waals surface area contributed by atoms with E-state index in [1.54, 1.807) is 17.0 Å². The molecule has 0 spiro atoms. The largest absolute Gasteiger partial charge is 0.609 e. The van der Waals surface area contributed by atoms with E-state index in [0.29, 0.717) is 24.7 Å². The maximum atomic E-state index is 12.1. The summed E-state index contributed by atoms with van der Waals surface area (Å²) in [5.74, 6) is 1.59. The van der Waals surface area contributed by atoms with Crippen LogP contribution in [-0.2, 0) is 22.5 Å². The average molecular weight is 430 g/mol. The molecule has 8 nitrogen and oxygen atoms in total. The Bertz CT molecular complexity index is 1030. The summed E-state index contributed by atoms with van der Waals surface area (Å²) in [6.07, 6.45) is 4.34. The summed E-state index contributed by atoms with van der Waals surface area (Å²) in [4.78, 5) is 8.94. The molecule has 2 atom stereocenters. The second kappa shape index (κ2) is 8.79. The van der Waals surface area contributed by atoms with E-state index in [9.17, 15) is 4.55 Å². The number of fused-ring (bicyclic) bond motifs is 1. The van der Waals surface area contributed by atoms with Crippen molar-refractivity contribution in [3.63, 3.8) is 0 Å². The number of aromatic nitrogens is 4. The SMILES string of the molecule is Cc1ccc(CNc2nc([S+](C)[O-])nc3c(C(C)C)cnn23)c(OC2CCOC2)c1. The van der Waals surface area contributed by atoms with Crippen LogP contribution in [0.3, 0.4) is 0 Å². The predicted octanol–water partition coefficient (Wildman–Crippen LogP) is 3.07. The minimum absolute atomic E-state index is 0.0742. The molecule has 0 radical (unpaired) electrons. The maximum absolute atomic E-state index is 12.1. The Kier molecular flexibility index (Phi) is 6.12. The molecule has 0 amide bonds. The highest BCUT2D eigenvalue weighted by Crippen LogP contribution is 2.26. The van der Waals surface area contributed by atoms with Crippen LogP contribution in [0.4, 0.5) is 5.95 Å². The Morgan fingerprint density at radius 2 is 2.20 bits per heavy atom. The van der Waals surface area contributed by atoms with E-state index in [2.05, 4.69) is 40.3 Å². The zero-order valence-corrected chi connectivity index (χ0v) is 18.5. The lowest BCUT2D eigenvalue weighted by Crippen LogP contribution is -2.18. The number of rotatable bonds is 7. The van der Waals surface area contributed by atoms with Crippen LogP contribution in [0.25, 0.3) is 5.65 Å². The van der Waals surface area contributed by atoms with Gasteiger partial charge in [-0.3, -0.25) is 0 Å². The van der Waals surface area contributed by atoms with Gasteiger partial charge in [0.15, 0.2) is 5.65 Å². The molecule has 2 aromatic heterocycles. The third kappa shape index (κ3) is 4.38. The Labute approximate surface area is 179 Å². The van der Waals surface area contributed by atoms with Crippen molar-refractivity contribution in [3.8, 4) is 5.75 Å².